The van der Waals surface area contributed by atoms with Gasteiger partial charge in [-0.05, 0) is 55.5 Å². The molecule has 6 nitrogen and oxygen atoms in total. The molecule has 0 bridgehead atoms. The first kappa shape index (κ1) is 17.8. The van der Waals surface area contributed by atoms with Gasteiger partial charge in [0.05, 0.1) is 25.3 Å². The summed E-state index contributed by atoms with van der Waals surface area (Å²) >= 11 is 1.58. The lowest BCUT2D eigenvalue weighted by molar-refractivity contribution is 0.344. The highest BCUT2D eigenvalue weighted by molar-refractivity contribution is 7.99. The number of nitriles is 1. The number of ether oxygens (including phenoxy) is 2. The van der Waals surface area contributed by atoms with Crippen LogP contribution in [0.3, 0.4) is 0 Å². The van der Waals surface area contributed by atoms with Crippen LogP contribution in [0.1, 0.15) is 11.4 Å². The highest BCUT2D eigenvalue weighted by Gasteiger charge is 2.11. The molecule has 0 saturated carbocycles. The van der Waals surface area contributed by atoms with Gasteiger partial charge in [-0.2, -0.15) is 5.26 Å². The number of hydrogen-bond donors (Lipinski definition) is 0. The van der Waals surface area contributed by atoms with Gasteiger partial charge in [-0.25, -0.2) is 0 Å². The van der Waals surface area contributed by atoms with Crippen LogP contribution in [-0.2, 0) is 0 Å². The van der Waals surface area contributed by atoms with E-state index in [9.17, 15) is 0 Å². The molecule has 0 N–H and O–H groups in total. The number of benzene rings is 2. The number of methoxy groups -OCH3 is 1. The quantitative estimate of drug-likeness (QED) is 0.470. The minimum atomic E-state index is 0.533. The second-order valence-electron chi connectivity index (χ2n) is 5.40. The summed E-state index contributed by atoms with van der Waals surface area (Å²) in [5, 5.41) is 18.1. The van der Waals surface area contributed by atoms with Crippen molar-refractivity contribution in [1.82, 2.24) is 14.8 Å². The zero-order valence-electron chi connectivity index (χ0n) is 14.5. The molecule has 0 aliphatic rings. The topological polar surface area (TPSA) is 73.0 Å². The van der Waals surface area contributed by atoms with Gasteiger partial charge in [-0.3, -0.25) is 4.57 Å². The van der Waals surface area contributed by atoms with Gasteiger partial charge < -0.3 is 9.47 Å². The van der Waals surface area contributed by atoms with Gasteiger partial charge in [0.1, 0.15) is 17.3 Å². The maximum atomic E-state index is 8.80. The molecule has 0 atom stereocenters. The van der Waals surface area contributed by atoms with E-state index in [1.54, 1.807) is 43.1 Å². The van der Waals surface area contributed by atoms with Crippen LogP contribution in [0, 0.1) is 18.3 Å². The molecular weight excluding hydrogens is 348 g/mol. The first-order chi connectivity index (χ1) is 12.7. The molecule has 0 saturated heterocycles. The van der Waals surface area contributed by atoms with Crippen molar-refractivity contribution in [2.24, 2.45) is 0 Å². The molecule has 7 heteroatoms. The molecule has 132 valence electrons. The van der Waals surface area contributed by atoms with Crippen LogP contribution < -0.4 is 9.47 Å². The fourth-order valence-electron chi connectivity index (χ4n) is 2.38. The lowest BCUT2D eigenvalue weighted by Gasteiger charge is -2.10. The van der Waals surface area contributed by atoms with Crippen molar-refractivity contribution >= 4 is 11.8 Å². The maximum absolute atomic E-state index is 8.80. The molecule has 3 rings (SSSR count). The number of nitrogens with zero attached hydrogens (tertiary/aromatic N) is 4. The summed E-state index contributed by atoms with van der Waals surface area (Å²) in [6.07, 6.45) is 0. The van der Waals surface area contributed by atoms with Crippen LogP contribution in [0.4, 0.5) is 0 Å². The summed E-state index contributed by atoms with van der Waals surface area (Å²) in [5.74, 6) is 3.11. The van der Waals surface area contributed by atoms with Crippen molar-refractivity contribution in [3.05, 3.63) is 59.9 Å². The third-order valence-electron chi connectivity index (χ3n) is 3.69. The van der Waals surface area contributed by atoms with E-state index in [1.165, 1.54) is 0 Å². The Morgan fingerprint density at radius 3 is 2.38 bits per heavy atom. The van der Waals surface area contributed by atoms with Crippen molar-refractivity contribution < 1.29 is 9.47 Å². The highest BCUT2D eigenvalue weighted by Crippen LogP contribution is 2.23. The molecule has 26 heavy (non-hydrogen) atoms. The Morgan fingerprint density at radius 2 is 1.73 bits per heavy atom. The summed E-state index contributed by atoms with van der Waals surface area (Å²) in [6, 6.07) is 17.0. The predicted octanol–water partition coefficient (Wildman–Crippen LogP) is 3.63. The number of thioether (sulfide) groups is 1. The molecule has 1 aromatic heterocycles. The summed E-state index contributed by atoms with van der Waals surface area (Å²) in [4.78, 5) is 0. The molecule has 0 fully saturated rings. The Bertz CT molecular complexity index is 899. The monoisotopic (exact) mass is 366 g/mol. The van der Waals surface area contributed by atoms with Gasteiger partial charge >= 0.3 is 0 Å². The summed E-state index contributed by atoms with van der Waals surface area (Å²) in [5.41, 5.74) is 1.61. The van der Waals surface area contributed by atoms with Gasteiger partial charge in [0.2, 0.25) is 0 Å². The Labute approximate surface area is 156 Å². The van der Waals surface area contributed by atoms with E-state index in [-0.39, 0.29) is 0 Å². The number of hydrogen-bond acceptors (Lipinski definition) is 6. The van der Waals surface area contributed by atoms with Gasteiger partial charge in [-0.1, -0.05) is 11.8 Å². The van der Waals surface area contributed by atoms with Crippen molar-refractivity contribution in [2.75, 3.05) is 19.5 Å². The molecular formula is C19H18N4O2S. The smallest absolute Gasteiger partial charge is 0.195 e. The second-order valence-corrected chi connectivity index (χ2v) is 6.46. The minimum Gasteiger partial charge on any atom is -0.497 e. The van der Waals surface area contributed by atoms with Gasteiger partial charge in [0.25, 0.3) is 0 Å². The van der Waals surface area contributed by atoms with Crippen molar-refractivity contribution in [3.8, 4) is 23.3 Å². The van der Waals surface area contributed by atoms with Gasteiger partial charge in [-0.15, -0.1) is 10.2 Å². The van der Waals surface area contributed by atoms with Crippen LogP contribution in [0.25, 0.3) is 5.69 Å². The minimum absolute atomic E-state index is 0.533. The first-order valence-electron chi connectivity index (χ1n) is 8.03. The van der Waals surface area contributed by atoms with E-state index in [0.717, 1.165) is 33.9 Å². The Kier molecular flexibility index (Phi) is 5.77. The molecule has 0 aliphatic carbocycles. The first-order valence-corrected chi connectivity index (χ1v) is 9.02. The summed E-state index contributed by atoms with van der Waals surface area (Å²) in [6.45, 7) is 2.46. The normalized spacial score (nSPS) is 10.3. The zero-order chi connectivity index (χ0) is 18.4. The second kappa shape index (κ2) is 8.41. The fraction of sp³-hybridized carbons (Fsp3) is 0.211. The zero-order valence-corrected chi connectivity index (χ0v) is 15.4. The maximum Gasteiger partial charge on any atom is 0.195 e. The van der Waals surface area contributed by atoms with E-state index in [2.05, 4.69) is 16.3 Å². The van der Waals surface area contributed by atoms with E-state index in [0.29, 0.717) is 12.2 Å². The van der Waals surface area contributed by atoms with E-state index < -0.39 is 0 Å². The molecule has 0 unspecified atom stereocenters. The van der Waals surface area contributed by atoms with Crippen molar-refractivity contribution in [2.45, 2.75) is 12.1 Å². The van der Waals surface area contributed by atoms with Crippen molar-refractivity contribution in [3.63, 3.8) is 0 Å². The molecule has 0 spiro atoms. The van der Waals surface area contributed by atoms with E-state index in [4.69, 9.17) is 14.7 Å². The largest absolute Gasteiger partial charge is 0.497 e. The lowest BCUT2D eigenvalue weighted by atomic mass is 10.2. The lowest BCUT2D eigenvalue weighted by Crippen LogP contribution is -2.03. The SMILES string of the molecule is COc1ccc(-n2c(C)nnc2SCCOc2ccc(C#N)cc2)cc1. The Morgan fingerprint density at radius 1 is 1.04 bits per heavy atom. The third kappa shape index (κ3) is 4.16. The summed E-state index contributed by atoms with van der Waals surface area (Å²) < 4.78 is 12.9. The van der Waals surface area contributed by atoms with E-state index in [1.807, 2.05) is 35.8 Å². The third-order valence-corrected chi connectivity index (χ3v) is 4.59. The number of rotatable bonds is 7. The van der Waals surface area contributed by atoms with Crippen LogP contribution in [-0.4, -0.2) is 34.2 Å². The molecule has 1 heterocycles. The number of aryl methyl sites for hydroxylation is 1. The molecule has 2 aromatic carbocycles. The Balaban J connectivity index is 1.60. The van der Waals surface area contributed by atoms with Gasteiger partial charge in [0, 0.05) is 11.4 Å². The number of aromatic nitrogens is 3. The Hall–Kier alpha value is -2.98. The summed E-state index contributed by atoms with van der Waals surface area (Å²) in [7, 11) is 1.65. The molecule has 0 radical (unpaired) electrons. The van der Waals surface area contributed by atoms with Crippen molar-refractivity contribution in [1.29, 1.82) is 5.26 Å². The van der Waals surface area contributed by atoms with Crippen LogP contribution in [0.15, 0.2) is 53.7 Å². The average Bonchev–Trinajstić information content (AvgIpc) is 3.06. The predicted molar refractivity (Wildman–Crippen MR) is 100 cm³/mol. The standard InChI is InChI=1S/C19H18N4O2S/c1-14-21-22-19(23(14)16-5-9-17(24-2)10-6-16)26-12-11-25-18-7-3-15(13-20)4-8-18/h3-10H,11-12H2,1-2H3. The van der Waals surface area contributed by atoms with Gasteiger partial charge in [0.15, 0.2) is 5.16 Å². The van der Waals surface area contributed by atoms with Crippen LogP contribution in [0.5, 0.6) is 11.5 Å². The fourth-order valence-corrected chi connectivity index (χ4v) is 3.20. The molecule has 0 amide bonds. The molecule has 3 aromatic rings. The average molecular weight is 366 g/mol. The highest BCUT2D eigenvalue weighted by atomic mass is 32.2. The van der Waals surface area contributed by atoms with Crippen LogP contribution in [0.2, 0.25) is 0 Å². The van der Waals surface area contributed by atoms with E-state index >= 15 is 0 Å². The molecule has 0 aliphatic heterocycles. The van der Waals surface area contributed by atoms with Crippen LogP contribution >= 0.6 is 11.8 Å².